The van der Waals surface area contributed by atoms with Gasteiger partial charge in [0.1, 0.15) is 0 Å². The fourth-order valence-electron chi connectivity index (χ4n) is 1.25. The standard InChI is InChI=1S/C7H6F3N3/c8-7(9,10)6-4-1-11-2-5(4)12-3-13-6/h1-3,6,11H,(H,12,13). The zero-order valence-electron chi connectivity index (χ0n) is 6.39. The Hall–Kier alpha value is -1.46. The van der Waals surface area contributed by atoms with Crippen LogP contribution in [0.3, 0.4) is 0 Å². The minimum absolute atomic E-state index is 0.134. The number of halogens is 3. The van der Waals surface area contributed by atoms with Crippen molar-refractivity contribution in [3.63, 3.8) is 0 Å². The van der Waals surface area contributed by atoms with Gasteiger partial charge in [0.05, 0.1) is 12.0 Å². The van der Waals surface area contributed by atoms with Crippen LogP contribution in [0, 0.1) is 0 Å². The molecule has 0 spiro atoms. The highest BCUT2D eigenvalue weighted by molar-refractivity contribution is 5.80. The third-order valence-electron chi connectivity index (χ3n) is 1.83. The van der Waals surface area contributed by atoms with Gasteiger partial charge in [-0.25, -0.2) is 0 Å². The van der Waals surface area contributed by atoms with E-state index in [1.165, 1.54) is 12.4 Å². The van der Waals surface area contributed by atoms with Crippen LogP contribution in [0.4, 0.5) is 18.9 Å². The Kier molecular flexibility index (Phi) is 1.58. The molecule has 70 valence electrons. The summed E-state index contributed by atoms with van der Waals surface area (Å²) >= 11 is 0. The van der Waals surface area contributed by atoms with Crippen molar-refractivity contribution in [3.8, 4) is 0 Å². The van der Waals surface area contributed by atoms with Crippen molar-refractivity contribution in [2.24, 2.45) is 4.99 Å². The fraction of sp³-hybridized carbons (Fsp3) is 0.286. The maximum atomic E-state index is 12.3. The average molecular weight is 189 g/mol. The molecule has 1 aliphatic heterocycles. The minimum atomic E-state index is -4.32. The summed E-state index contributed by atoms with van der Waals surface area (Å²) < 4.78 is 37.0. The third-order valence-corrected chi connectivity index (χ3v) is 1.83. The maximum absolute atomic E-state index is 12.3. The summed E-state index contributed by atoms with van der Waals surface area (Å²) in [4.78, 5) is 5.93. The number of alkyl halides is 3. The van der Waals surface area contributed by atoms with E-state index < -0.39 is 12.2 Å². The molecule has 2 N–H and O–H groups in total. The molecule has 0 fully saturated rings. The zero-order valence-corrected chi connectivity index (χ0v) is 6.39. The molecular formula is C7H6F3N3. The molecule has 1 aromatic rings. The Balaban J connectivity index is 2.41. The molecule has 0 bridgehead atoms. The lowest BCUT2D eigenvalue weighted by atomic mass is 10.1. The summed E-state index contributed by atoms with van der Waals surface area (Å²) in [6.07, 6.45) is -0.486. The van der Waals surface area contributed by atoms with Gasteiger partial charge in [-0.2, -0.15) is 13.2 Å². The van der Waals surface area contributed by atoms with Gasteiger partial charge < -0.3 is 10.3 Å². The van der Waals surface area contributed by atoms with Crippen molar-refractivity contribution in [2.45, 2.75) is 12.2 Å². The van der Waals surface area contributed by atoms with E-state index in [2.05, 4.69) is 15.3 Å². The molecule has 0 aliphatic carbocycles. The Morgan fingerprint density at radius 1 is 1.31 bits per heavy atom. The number of rotatable bonds is 0. The highest BCUT2D eigenvalue weighted by atomic mass is 19.4. The smallest absolute Gasteiger partial charge is 0.365 e. The van der Waals surface area contributed by atoms with Crippen LogP contribution in [-0.4, -0.2) is 17.5 Å². The predicted octanol–water partition coefficient (Wildman–Crippen LogP) is 2.07. The van der Waals surface area contributed by atoms with Gasteiger partial charge in [-0.15, -0.1) is 0 Å². The second-order valence-electron chi connectivity index (χ2n) is 2.69. The molecule has 0 amide bonds. The molecule has 1 aliphatic rings. The number of aromatic amines is 1. The molecule has 6 heteroatoms. The van der Waals surface area contributed by atoms with Crippen molar-refractivity contribution in [1.29, 1.82) is 0 Å². The molecule has 0 saturated carbocycles. The fourth-order valence-corrected chi connectivity index (χ4v) is 1.25. The number of H-pyrrole nitrogens is 1. The first-order valence-corrected chi connectivity index (χ1v) is 3.60. The summed E-state index contributed by atoms with van der Waals surface area (Å²) in [6.45, 7) is 0. The van der Waals surface area contributed by atoms with E-state index in [1.807, 2.05) is 0 Å². The minimum Gasteiger partial charge on any atom is -0.365 e. The number of anilines is 1. The molecule has 3 nitrogen and oxygen atoms in total. The lowest BCUT2D eigenvalue weighted by Gasteiger charge is -2.19. The number of nitrogens with zero attached hydrogens (tertiary/aromatic N) is 1. The molecule has 1 aromatic heterocycles. The van der Waals surface area contributed by atoms with Crippen molar-refractivity contribution in [3.05, 3.63) is 18.0 Å². The molecule has 0 radical (unpaired) electrons. The van der Waals surface area contributed by atoms with Crippen LogP contribution < -0.4 is 5.32 Å². The second kappa shape index (κ2) is 2.51. The molecule has 1 unspecified atom stereocenters. The van der Waals surface area contributed by atoms with Crippen molar-refractivity contribution < 1.29 is 13.2 Å². The number of hydrogen-bond donors (Lipinski definition) is 2. The van der Waals surface area contributed by atoms with Gasteiger partial charge in [-0.1, -0.05) is 0 Å². The largest absolute Gasteiger partial charge is 0.415 e. The van der Waals surface area contributed by atoms with Crippen LogP contribution >= 0.6 is 0 Å². The van der Waals surface area contributed by atoms with E-state index >= 15 is 0 Å². The normalized spacial score (nSPS) is 21.0. The SMILES string of the molecule is FC(F)(F)C1N=CNc2c[nH]cc21. The van der Waals surface area contributed by atoms with E-state index in [-0.39, 0.29) is 5.56 Å². The van der Waals surface area contributed by atoms with Crippen LogP contribution in [0.15, 0.2) is 17.4 Å². The molecule has 0 saturated heterocycles. The first-order valence-electron chi connectivity index (χ1n) is 3.60. The number of aliphatic imine (C=N–C) groups is 1. The van der Waals surface area contributed by atoms with Crippen LogP contribution in [0.2, 0.25) is 0 Å². The van der Waals surface area contributed by atoms with Crippen molar-refractivity contribution in [1.82, 2.24) is 4.98 Å². The average Bonchev–Trinajstić information content (AvgIpc) is 2.48. The molecule has 1 atom stereocenters. The van der Waals surface area contributed by atoms with Crippen molar-refractivity contribution >= 4 is 12.0 Å². The molecule has 13 heavy (non-hydrogen) atoms. The predicted molar refractivity (Wildman–Crippen MR) is 41.7 cm³/mol. The van der Waals surface area contributed by atoms with E-state index in [9.17, 15) is 13.2 Å². The van der Waals surface area contributed by atoms with Crippen LogP contribution in [0.5, 0.6) is 0 Å². The quantitative estimate of drug-likeness (QED) is 0.644. The lowest BCUT2D eigenvalue weighted by molar-refractivity contribution is -0.148. The summed E-state index contributed by atoms with van der Waals surface area (Å²) in [7, 11) is 0. The molecular weight excluding hydrogens is 183 g/mol. The first-order chi connectivity index (χ1) is 6.09. The van der Waals surface area contributed by atoms with Gasteiger partial charge in [0.25, 0.3) is 0 Å². The Bertz CT molecular complexity index is 339. The zero-order chi connectivity index (χ0) is 9.47. The summed E-state index contributed by atoms with van der Waals surface area (Å²) in [5, 5.41) is 2.62. The Morgan fingerprint density at radius 3 is 2.77 bits per heavy atom. The van der Waals surface area contributed by atoms with Gasteiger partial charge in [0, 0.05) is 18.0 Å². The lowest BCUT2D eigenvalue weighted by Crippen LogP contribution is -2.22. The van der Waals surface area contributed by atoms with Gasteiger partial charge >= 0.3 is 6.18 Å². The van der Waals surface area contributed by atoms with Crippen LogP contribution in [0.1, 0.15) is 11.6 Å². The van der Waals surface area contributed by atoms with Crippen LogP contribution in [0.25, 0.3) is 0 Å². The van der Waals surface area contributed by atoms with Gasteiger partial charge in [-0.3, -0.25) is 4.99 Å². The van der Waals surface area contributed by atoms with E-state index in [4.69, 9.17) is 0 Å². The van der Waals surface area contributed by atoms with Gasteiger partial charge in [0.15, 0.2) is 6.04 Å². The number of aromatic nitrogens is 1. The van der Waals surface area contributed by atoms with Gasteiger partial charge in [-0.05, 0) is 0 Å². The van der Waals surface area contributed by atoms with E-state index in [0.717, 1.165) is 6.34 Å². The summed E-state index contributed by atoms with van der Waals surface area (Å²) in [5.41, 5.74) is 0.562. The molecule has 2 heterocycles. The van der Waals surface area contributed by atoms with Crippen LogP contribution in [-0.2, 0) is 0 Å². The van der Waals surface area contributed by atoms with Gasteiger partial charge in [0.2, 0.25) is 0 Å². The number of nitrogens with one attached hydrogen (secondary N) is 2. The highest BCUT2D eigenvalue weighted by Gasteiger charge is 2.43. The highest BCUT2D eigenvalue weighted by Crippen LogP contribution is 2.40. The number of hydrogen-bond acceptors (Lipinski definition) is 2. The number of fused-ring (bicyclic) bond motifs is 1. The summed E-state index contributed by atoms with van der Waals surface area (Å²) in [5.74, 6) is 0. The Morgan fingerprint density at radius 2 is 2.08 bits per heavy atom. The second-order valence-corrected chi connectivity index (χ2v) is 2.69. The Labute approximate surface area is 71.7 Å². The monoisotopic (exact) mass is 189 g/mol. The first kappa shape index (κ1) is 8.15. The topological polar surface area (TPSA) is 40.2 Å². The van der Waals surface area contributed by atoms with Crippen molar-refractivity contribution in [2.75, 3.05) is 5.32 Å². The maximum Gasteiger partial charge on any atom is 0.415 e. The molecule has 2 rings (SSSR count). The third kappa shape index (κ3) is 1.28. The molecule has 0 aromatic carbocycles. The summed E-state index contributed by atoms with van der Waals surface area (Å²) in [6, 6.07) is -1.74. The van der Waals surface area contributed by atoms with E-state index in [1.54, 1.807) is 0 Å². The van der Waals surface area contributed by atoms with E-state index in [0.29, 0.717) is 5.69 Å².